The second-order valence-electron chi connectivity index (χ2n) is 5.84. The number of rotatable bonds is 4. The van der Waals surface area contributed by atoms with Gasteiger partial charge in [-0.3, -0.25) is 14.7 Å². The number of para-hydroxylation sites is 2. The van der Waals surface area contributed by atoms with Crippen LogP contribution in [0.3, 0.4) is 0 Å². The molecule has 2 heterocycles. The zero-order valence-electron chi connectivity index (χ0n) is 14.6. The molecule has 1 aliphatic heterocycles. The quantitative estimate of drug-likeness (QED) is 0.868. The molecule has 0 amide bonds. The van der Waals surface area contributed by atoms with Crippen LogP contribution in [-0.2, 0) is 0 Å². The minimum absolute atomic E-state index is 0.234. The predicted octanol–water partition coefficient (Wildman–Crippen LogP) is 3.30. The lowest BCUT2D eigenvalue weighted by atomic mass is 10.2. The number of hydrogen-bond donors (Lipinski definition) is 1. The van der Waals surface area contributed by atoms with Gasteiger partial charge in [-0.05, 0) is 32.4 Å². The molecule has 0 saturated carbocycles. The molecule has 130 valence electrons. The average molecular weight is 339 g/mol. The van der Waals surface area contributed by atoms with Gasteiger partial charge in [-0.1, -0.05) is 24.8 Å². The third-order valence-corrected chi connectivity index (χ3v) is 4.09. The summed E-state index contributed by atoms with van der Waals surface area (Å²) in [6.45, 7) is 6.40. The van der Waals surface area contributed by atoms with Crippen molar-refractivity contribution in [3.05, 3.63) is 57.5 Å². The first-order valence-electron chi connectivity index (χ1n) is 8.42. The van der Waals surface area contributed by atoms with E-state index in [1.165, 1.54) is 0 Å². The number of carbonyl (C=O) groups excluding carboxylic acids is 1. The molecule has 0 aliphatic carbocycles. The van der Waals surface area contributed by atoms with E-state index < -0.39 is 0 Å². The molecular weight excluding hydrogens is 318 g/mol. The molecule has 2 aromatic rings. The number of nitrogens with one attached hydrogen (secondary N) is 1. The van der Waals surface area contributed by atoms with E-state index in [1.807, 2.05) is 43.0 Å². The lowest BCUT2D eigenvalue weighted by Gasteiger charge is -2.13. The minimum Gasteiger partial charge on any atom is -0.432 e. The normalized spacial score (nSPS) is 12.6. The zero-order chi connectivity index (χ0) is 18.0. The van der Waals surface area contributed by atoms with Gasteiger partial charge in [-0.25, -0.2) is 0 Å². The Morgan fingerprint density at radius 1 is 1.32 bits per heavy atom. The summed E-state index contributed by atoms with van der Waals surface area (Å²) in [6, 6.07) is 7.73. The van der Waals surface area contributed by atoms with E-state index in [9.17, 15) is 9.59 Å². The van der Waals surface area contributed by atoms with Gasteiger partial charge in [0.1, 0.15) is 0 Å². The molecular formula is C19H21N3O3. The summed E-state index contributed by atoms with van der Waals surface area (Å²) in [7, 11) is 0. The molecule has 1 N–H and O–H groups in total. The number of anilines is 1. The van der Waals surface area contributed by atoms with Crippen molar-refractivity contribution < 1.29 is 9.53 Å². The van der Waals surface area contributed by atoms with Crippen molar-refractivity contribution in [3.63, 3.8) is 0 Å². The van der Waals surface area contributed by atoms with Gasteiger partial charge in [-0.15, -0.1) is 0 Å². The van der Waals surface area contributed by atoms with Crippen LogP contribution in [0.4, 0.5) is 5.69 Å². The van der Waals surface area contributed by atoms with Crippen LogP contribution in [0, 0.1) is 6.92 Å². The van der Waals surface area contributed by atoms with E-state index >= 15 is 0 Å². The monoisotopic (exact) mass is 339 g/mol. The third kappa shape index (κ3) is 3.04. The van der Waals surface area contributed by atoms with Crippen LogP contribution in [0.25, 0.3) is 6.08 Å². The van der Waals surface area contributed by atoms with Crippen LogP contribution in [0.5, 0.6) is 5.75 Å². The molecule has 3 rings (SSSR count). The highest BCUT2D eigenvalue weighted by atomic mass is 16.5. The van der Waals surface area contributed by atoms with E-state index in [2.05, 4.69) is 10.8 Å². The van der Waals surface area contributed by atoms with Crippen molar-refractivity contribution in [3.8, 4) is 5.75 Å². The first-order chi connectivity index (χ1) is 12.1. The van der Waals surface area contributed by atoms with Crippen LogP contribution < -0.4 is 15.2 Å². The highest BCUT2D eigenvalue weighted by Gasteiger charge is 2.24. The van der Waals surface area contributed by atoms with Gasteiger partial charge in [0.15, 0.2) is 5.75 Å². The van der Waals surface area contributed by atoms with Crippen LogP contribution in [0.1, 0.15) is 42.7 Å². The van der Waals surface area contributed by atoms with Gasteiger partial charge in [0, 0.05) is 24.7 Å². The first-order valence-corrected chi connectivity index (χ1v) is 8.42. The number of aromatic amines is 1. The smallest absolute Gasteiger partial charge is 0.281 e. The molecule has 1 aliphatic rings. The highest BCUT2D eigenvalue weighted by Crippen LogP contribution is 2.37. The summed E-state index contributed by atoms with van der Waals surface area (Å²) >= 11 is 0. The number of hydrogen-bond acceptors (Lipinski definition) is 4. The number of nitrogens with zero attached hydrogens (tertiary/aromatic N) is 2. The maximum atomic E-state index is 12.5. The number of H-pyrrole nitrogens is 1. The van der Waals surface area contributed by atoms with Gasteiger partial charge < -0.3 is 9.64 Å². The molecule has 0 bridgehead atoms. The number of carbonyl (C=O) groups is 1. The molecule has 0 radical (unpaired) electrons. The van der Waals surface area contributed by atoms with Crippen molar-refractivity contribution in [2.24, 2.45) is 0 Å². The Morgan fingerprint density at radius 3 is 2.80 bits per heavy atom. The highest BCUT2D eigenvalue weighted by molar-refractivity contribution is 5.78. The SMILES string of the molecule is CCCC(=O)n1[nH]c(C)c(C=C=C2Oc3ccccc3N2CC)c1=O. The summed E-state index contributed by atoms with van der Waals surface area (Å²) in [6.07, 6.45) is 2.59. The summed E-state index contributed by atoms with van der Waals surface area (Å²) in [5.41, 5.74) is 4.71. The summed E-state index contributed by atoms with van der Waals surface area (Å²) < 4.78 is 6.89. The van der Waals surface area contributed by atoms with Crippen LogP contribution in [0.2, 0.25) is 0 Å². The minimum atomic E-state index is -0.359. The van der Waals surface area contributed by atoms with Gasteiger partial charge in [-0.2, -0.15) is 4.68 Å². The van der Waals surface area contributed by atoms with Gasteiger partial charge in [0.25, 0.3) is 5.56 Å². The molecule has 25 heavy (non-hydrogen) atoms. The topological polar surface area (TPSA) is 67.3 Å². The fourth-order valence-corrected chi connectivity index (χ4v) is 2.82. The van der Waals surface area contributed by atoms with Crippen molar-refractivity contribution in [1.29, 1.82) is 0 Å². The standard InChI is InChI=1S/C19H21N3O3/c1-4-8-17(23)22-19(24)14(13(3)20-22)11-12-18-21(5-2)15-9-6-7-10-16(15)25-18/h6-7,9-11,20H,4-5,8H2,1-3H3. The Bertz CT molecular complexity index is 930. The molecule has 0 fully saturated rings. The van der Waals surface area contributed by atoms with E-state index in [1.54, 1.807) is 13.0 Å². The van der Waals surface area contributed by atoms with Crippen molar-refractivity contribution >= 4 is 17.7 Å². The fraction of sp³-hybridized carbons (Fsp3) is 0.316. The van der Waals surface area contributed by atoms with E-state index in [4.69, 9.17) is 4.74 Å². The van der Waals surface area contributed by atoms with Crippen molar-refractivity contribution in [1.82, 2.24) is 9.78 Å². The van der Waals surface area contributed by atoms with Crippen LogP contribution >= 0.6 is 0 Å². The molecule has 0 atom stereocenters. The van der Waals surface area contributed by atoms with Crippen LogP contribution in [-0.4, -0.2) is 22.2 Å². The maximum Gasteiger partial charge on any atom is 0.281 e. The fourth-order valence-electron chi connectivity index (χ4n) is 2.82. The molecule has 0 unspecified atom stereocenters. The summed E-state index contributed by atoms with van der Waals surface area (Å²) in [5.74, 6) is 1.07. The van der Waals surface area contributed by atoms with E-state index in [-0.39, 0.29) is 11.5 Å². The Balaban J connectivity index is 1.99. The lowest BCUT2D eigenvalue weighted by molar-refractivity contribution is 0.0881. The molecule has 6 nitrogen and oxygen atoms in total. The Labute approximate surface area is 146 Å². The number of fused-ring (bicyclic) bond motifs is 1. The molecule has 1 aromatic heterocycles. The Morgan fingerprint density at radius 2 is 2.08 bits per heavy atom. The van der Waals surface area contributed by atoms with Crippen LogP contribution in [0.15, 0.2) is 40.7 Å². The Hall–Kier alpha value is -2.98. The summed E-state index contributed by atoms with van der Waals surface area (Å²) in [5, 5.41) is 2.83. The van der Waals surface area contributed by atoms with Crippen molar-refractivity contribution in [2.45, 2.75) is 33.6 Å². The summed E-state index contributed by atoms with van der Waals surface area (Å²) in [4.78, 5) is 26.4. The second kappa shape index (κ2) is 6.87. The number of aryl methyl sites for hydroxylation is 1. The van der Waals surface area contributed by atoms with Gasteiger partial charge in [0.05, 0.1) is 11.3 Å². The predicted molar refractivity (Wildman–Crippen MR) is 96.9 cm³/mol. The molecule has 1 aromatic carbocycles. The van der Waals surface area contributed by atoms with E-state index in [0.29, 0.717) is 30.0 Å². The molecule has 0 spiro atoms. The second-order valence-corrected chi connectivity index (χ2v) is 5.84. The average Bonchev–Trinajstić information content (AvgIpc) is 3.10. The molecule has 0 saturated heterocycles. The van der Waals surface area contributed by atoms with Gasteiger partial charge in [0.2, 0.25) is 11.8 Å². The Kier molecular flexibility index (Phi) is 4.63. The van der Waals surface area contributed by atoms with E-state index in [0.717, 1.165) is 22.7 Å². The number of benzene rings is 1. The molecule has 6 heteroatoms. The van der Waals surface area contributed by atoms with Gasteiger partial charge >= 0.3 is 0 Å². The maximum absolute atomic E-state index is 12.5. The van der Waals surface area contributed by atoms with Crippen molar-refractivity contribution in [2.75, 3.05) is 11.4 Å². The first kappa shape index (κ1) is 16.9. The largest absolute Gasteiger partial charge is 0.432 e. The third-order valence-electron chi connectivity index (χ3n) is 4.09. The zero-order valence-corrected chi connectivity index (χ0v) is 14.6. The number of ether oxygens (including phenoxy) is 1. The lowest BCUT2D eigenvalue weighted by Crippen LogP contribution is -2.25. The number of aromatic nitrogens is 2.